The van der Waals surface area contributed by atoms with Crippen molar-refractivity contribution in [3.63, 3.8) is 0 Å². The van der Waals surface area contributed by atoms with Gasteiger partial charge >= 0.3 is 6.18 Å². The van der Waals surface area contributed by atoms with Crippen LogP contribution < -0.4 is 5.32 Å². The average Bonchev–Trinajstić information content (AvgIpc) is 2.66. The first-order chi connectivity index (χ1) is 10.4. The van der Waals surface area contributed by atoms with E-state index in [1.54, 1.807) is 0 Å². The number of likely N-dealkylation sites (tertiary alicyclic amines) is 1. The molecule has 2 aliphatic carbocycles. The Labute approximate surface area is 128 Å². The van der Waals surface area contributed by atoms with Gasteiger partial charge in [0, 0.05) is 24.6 Å². The fourth-order valence-electron chi connectivity index (χ4n) is 4.18. The van der Waals surface area contributed by atoms with Crippen molar-refractivity contribution in [3.05, 3.63) is 0 Å². The summed E-state index contributed by atoms with van der Waals surface area (Å²) in [6.45, 7) is 1.70. The van der Waals surface area contributed by atoms with E-state index < -0.39 is 24.7 Å². The molecule has 1 heterocycles. The van der Waals surface area contributed by atoms with Gasteiger partial charge in [-0.2, -0.15) is 13.2 Å². The van der Waals surface area contributed by atoms with Crippen molar-refractivity contribution in [1.82, 2.24) is 10.2 Å². The molecule has 7 heteroatoms. The Bertz CT molecular complexity index is 437. The van der Waals surface area contributed by atoms with Crippen LogP contribution in [0.5, 0.6) is 0 Å². The smallest absolute Gasteiger partial charge is 0.378 e. The highest BCUT2D eigenvalue weighted by Gasteiger charge is 2.59. The van der Waals surface area contributed by atoms with Gasteiger partial charge in [0.05, 0.1) is 12.1 Å². The predicted octanol–water partition coefficient (Wildman–Crippen LogP) is 2.09. The van der Waals surface area contributed by atoms with E-state index in [4.69, 9.17) is 4.74 Å². The molecule has 0 aromatic rings. The minimum atomic E-state index is -4.32. The Morgan fingerprint density at radius 1 is 1.41 bits per heavy atom. The SMILES string of the molecule is CCO[C@@H]1C[C@H](N[C@@H]2CCN(CC(F)(F)F)C2=O)C12CCC2. The van der Waals surface area contributed by atoms with Crippen LogP contribution in [0.25, 0.3) is 0 Å². The first kappa shape index (κ1) is 16.1. The molecule has 1 spiro atoms. The number of ether oxygens (including phenoxy) is 1. The summed E-state index contributed by atoms with van der Waals surface area (Å²) in [5.74, 6) is -0.411. The lowest BCUT2D eigenvalue weighted by Gasteiger charge is -2.61. The topological polar surface area (TPSA) is 41.6 Å². The van der Waals surface area contributed by atoms with Crippen molar-refractivity contribution in [1.29, 1.82) is 0 Å². The molecule has 0 radical (unpaired) electrons. The van der Waals surface area contributed by atoms with Crippen molar-refractivity contribution >= 4 is 5.91 Å². The van der Waals surface area contributed by atoms with Crippen LogP contribution >= 0.6 is 0 Å². The third-order valence-electron chi connectivity index (χ3n) is 5.51. The van der Waals surface area contributed by atoms with Crippen molar-refractivity contribution in [2.75, 3.05) is 19.7 Å². The van der Waals surface area contributed by atoms with Gasteiger partial charge in [0.2, 0.25) is 5.91 Å². The fourth-order valence-corrected chi connectivity index (χ4v) is 4.18. The summed E-state index contributed by atoms with van der Waals surface area (Å²) in [6, 6.07) is -0.259. The standard InChI is InChI=1S/C15H23F3N2O2/c1-2-22-12-8-11(14(12)5-3-6-14)19-10-4-7-20(13(10)21)9-15(16,17)18/h10-12,19H,2-9H2,1H3/t10-,11+,12-/m1/s1. The van der Waals surface area contributed by atoms with Crippen LogP contribution in [0.2, 0.25) is 0 Å². The van der Waals surface area contributed by atoms with Crippen LogP contribution in [0.3, 0.4) is 0 Å². The Balaban J connectivity index is 1.55. The maximum atomic E-state index is 12.4. The number of nitrogens with zero attached hydrogens (tertiary/aromatic N) is 1. The van der Waals surface area contributed by atoms with Gasteiger partial charge in [-0.1, -0.05) is 6.42 Å². The molecule has 0 aromatic carbocycles. The summed E-state index contributed by atoms with van der Waals surface area (Å²) >= 11 is 0. The first-order valence-corrected chi connectivity index (χ1v) is 8.09. The predicted molar refractivity (Wildman–Crippen MR) is 74.3 cm³/mol. The zero-order chi connectivity index (χ0) is 16.0. The molecule has 1 amide bonds. The molecule has 1 N–H and O–H groups in total. The Kier molecular flexibility index (Phi) is 4.14. The number of hydrogen-bond donors (Lipinski definition) is 1. The van der Waals surface area contributed by atoms with Gasteiger partial charge in [-0.15, -0.1) is 0 Å². The van der Waals surface area contributed by atoms with E-state index in [-0.39, 0.29) is 24.1 Å². The molecule has 3 aliphatic rings. The van der Waals surface area contributed by atoms with E-state index in [9.17, 15) is 18.0 Å². The minimum absolute atomic E-state index is 0.119. The number of hydrogen-bond acceptors (Lipinski definition) is 3. The second-order valence-corrected chi connectivity index (χ2v) is 6.70. The van der Waals surface area contributed by atoms with Gasteiger partial charge in [0.25, 0.3) is 0 Å². The third kappa shape index (κ3) is 2.73. The maximum absolute atomic E-state index is 12.4. The molecular weight excluding hydrogens is 297 g/mol. The van der Waals surface area contributed by atoms with Crippen molar-refractivity contribution < 1.29 is 22.7 Å². The van der Waals surface area contributed by atoms with Crippen molar-refractivity contribution in [2.45, 2.75) is 63.4 Å². The number of carbonyl (C=O) groups excluding carboxylic acids is 1. The van der Waals surface area contributed by atoms with Crippen LogP contribution in [0, 0.1) is 5.41 Å². The summed E-state index contributed by atoms with van der Waals surface area (Å²) in [5, 5.41) is 3.32. The van der Waals surface area contributed by atoms with Crippen molar-refractivity contribution in [2.24, 2.45) is 5.41 Å². The largest absolute Gasteiger partial charge is 0.406 e. The quantitative estimate of drug-likeness (QED) is 0.843. The van der Waals surface area contributed by atoms with Crippen LogP contribution in [0.4, 0.5) is 13.2 Å². The average molecular weight is 320 g/mol. The molecule has 4 nitrogen and oxygen atoms in total. The number of carbonyl (C=O) groups is 1. The normalized spacial score (nSPS) is 33.9. The molecular formula is C15H23F3N2O2. The fraction of sp³-hybridized carbons (Fsp3) is 0.933. The highest BCUT2D eigenvalue weighted by molar-refractivity contribution is 5.84. The van der Waals surface area contributed by atoms with E-state index in [0.717, 1.165) is 24.2 Å². The summed E-state index contributed by atoms with van der Waals surface area (Å²) in [5.41, 5.74) is 0.119. The first-order valence-electron chi connectivity index (χ1n) is 8.09. The number of amides is 1. The Morgan fingerprint density at radius 3 is 2.68 bits per heavy atom. The number of alkyl halides is 3. The molecule has 0 aromatic heterocycles. The van der Waals surface area contributed by atoms with Gasteiger partial charge < -0.3 is 15.0 Å². The molecule has 1 saturated heterocycles. The summed E-state index contributed by atoms with van der Waals surface area (Å²) in [7, 11) is 0. The minimum Gasteiger partial charge on any atom is -0.378 e. The number of rotatable bonds is 5. The van der Waals surface area contributed by atoms with E-state index in [0.29, 0.717) is 13.0 Å². The molecule has 0 bridgehead atoms. The monoisotopic (exact) mass is 320 g/mol. The lowest BCUT2D eigenvalue weighted by Crippen LogP contribution is -2.68. The summed E-state index contributed by atoms with van der Waals surface area (Å²) in [4.78, 5) is 13.0. The van der Waals surface area contributed by atoms with Crippen LogP contribution in [0.15, 0.2) is 0 Å². The van der Waals surface area contributed by atoms with Crippen molar-refractivity contribution in [3.8, 4) is 0 Å². The number of halogens is 3. The maximum Gasteiger partial charge on any atom is 0.406 e. The third-order valence-corrected chi connectivity index (χ3v) is 5.51. The van der Waals surface area contributed by atoms with Crippen LogP contribution in [-0.2, 0) is 9.53 Å². The van der Waals surface area contributed by atoms with Gasteiger partial charge in [-0.05, 0) is 32.6 Å². The molecule has 22 heavy (non-hydrogen) atoms. The second kappa shape index (κ2) is 5.67. The lowest BCUT2D eigenvalue weighted by atomic mass is 9.51. The van der Waals surface area contributed by atoms with Gasteiger partial charge in [0.1, 0.15) is 6.54 Å². The second-order valence-electron chi connectivity index (χ2n) is 6.70. The molecule has 3 fully saturated rings. The summed E-state index contributed by atoms with van der Waals surface area (Å²) in [6.07, 6.45) is 0.575. The van der Waals surface area contributed by atoms with Gasteiger partial charge in [-0.3, -0.25) is 4.79 Å². The van der Waals surface area contributed by atoms with Crippen LogP contribution in [0.1, 0.15) is 39.0 Å². The molecule has 2 saturated carbocycles. The van der Waals surface area contributed by atoms with Gasteiger partial charge in [-0.25, -0.2) is 0 Å². The molecule has 1 aliphatic heterocycles. The molecule has 3 rings (SSSR count). The van der Waals surface area contributed by atoms with E-state index >= 15 is 0 Å². The molecule has 3 atom stereocenters. The highest BCUT2D eigenvalue weighted by Crippen LogP contribution is 2.57. The van der Waals surface area contributed by atoms with Crippen LogP contribution in [-0.4, -0.2) is 54.9 Å². The van der Waals surface area contributed by atoms with Gasteiger partial charge in [0.15, 0.2) is 0 Å². The van der Waals surface area contributed by atoms with E-state index in [1.165, 1.54) is 6.42 Å². The molecule has 126 valence electrons. The zero-order valence-corrected chi connectivity index (χ0v) is 12.8. The number of nitrogens with one attached hydrogen (secondary N) is 1. The Morgan fingerprint density at radius 2 is 2.14 bits per heavy atom. The lowest BCUT2D eigenvalue weighted by molar-refractivity contribution is -0.176. The summed E-state index contributed by atoms with van der Waals surface area (Å²) < 4.78 is 43.1. The van der Waals surface area contributed by atoms with E-state index in [1.807, 2.05) is 6.92 Å². The highest BCUT2D eigenvalue weighted by atomic mass is 19.4. The molecule has 0 unspecified atom stereocenters. The zero-order valence-electron chi connectivity index (χ0n) is 12.8. The van der Waals surface area contributed by atoms with E-state index in [2.05, 4.69) is 5.32 Å². The Hall–Kier alpha value is -0.820.